The van der Waals surface area contributed by atoms with Crippen molar-refractivity contribution in [1.82, 2.24) is 20.3 Å². The van der Waals surface area contributed by atoms with Gasteiger partial charge >= 0.3 is 0 Å². The summed E-state index contributed by atoms with van der Waals surface area (Å²) in [4.78, 5) is 25.7. The van der Waals surface area contributed by atoms with Crippen molar-refractivity contribution in [3.05, 3.63) is 58.4 Å². The van der Waals surface area contributed by atoms with Gasteiger partial charge in [-0.25, -0.2) is 0 Å². The van der Waals surface area contributed by atoms with Crippen LogP contribution in [-0.2, 0) is 11.3 Å². The van der Waals surface area contributed by atoms with Gasteiger partial charge in [0.1, 0.15) is 11.6 Å². The first-order valence-electron chi connectivity index (χ1n) is 9.05. The number of nitrogens with one attached hydrogen (secondary N) is 1. The zero-order valence-corrected chi connectivity index (χ0v) is 15.6. The highest BCUT2D eigenvalue weighted by Gasteiger charge is 2.27. The minimum atomic E-state index is -0.765. The van der Waals surface area contributed by atoms with Gasteiger partial charge in [-0.05, 0) is 35.7 Å². The summed E-state index contributed by atoms with van der Waals surface area (Å²) >= 11 is 0. The van der Waals surface area contributed by atoms with Crippen molar-refractivity contribution in [1.29, 1.82) is 0 Å². The van der Waals surface area contributed by atoms with Gasteiger partial charge in [0.15, 0.2) is 11.5 Å². The lowest BCUT2D eigenvalue weighted by atomic mass is 10.0. The number of carbonyl (C=O) groups is 1. The number of fused-ring (bicyclic) bond motifs is 2. The molecule has 2 aromatic carbocycles. The summed E-state index contributed by atoms with van der Waals surface area (Å²) in [6.07, 6.45) is 0. The second-order valence-electron chi connectivity index (χ2n) is 6.95. The molecule has 0 aliphatic carbocycles. The van der Waals surface area contributed by atoms with Crippen molar-refractivity contribution >= 4 is 16.8 Å². The fourth-order valence-electron chi connectivity index (χ4n) is 3.22. The van der Waals surface area contributed by atoms with Crippen LogP contribution in [0.3, 0.4) is 0 Å². The van der Waals surface area contributed by atoms with E-state index < -0.39 is 6.04 Å². The molecule has 1 aliphatic rings. The van der Waals surface area contributed by atoms with Crippen LogP contribution in [0.15, 0.2) is 47.3 Å². The molecule has 4 rings (SSSR count). The van der Waals surface area contributed by atoms with Crippen LogP contribution in [0.5, 0.6) is 11.5 Å². The van der Waals surface area contributed by atoms with E-state index in [1.807, 2.05) is 32.0 Å². The lowest BCUT2D eigenvalue weighted by molar-refractivity contribution is -0.126. The Morgan fingerprint density at radius 1 is 1.18 bits per heavy atom. The molecule has 0 unspecified atom stereocenters. The topological polar surface area (TPSA) is 95.3 Å². The van der Waals surface area contributed by atoms with Gasteiger partial charge in [0.2, 0.25) is 12.7 Å². The Morgan fingerprint density at radius 2 is 1.96 bits per heavy atom. The molecule has 2 heterocycles. The van der Waals surface area contributed by atoms with Gasteiger partial charge in [-0.15, -0.1) is 5.10 Å². The predicted molar refractivity (Wildman–Crippen MR) is 102 cm³/mol. The fourth-order valence-corrected chi connectivity index (χ4v) is 3.22. The SMILES string of the molecule is CC(C)[C@H](C(=O)NCc1ccc2c(c1)OCO2)n1nnc2ccccc2c1=O. The maximum Gasteiger partial charge on any atom is 0.278 e. The molecule has 0 bridgehead atoms. The largest absolute Gasteiger partial charge is 0.454 e. The van der Waals surface area contributed by atoms with Crippen LogP contribution >= 0.6 is 0 Å². The van der Waals surface area contributed by atoms with E-state index in [0.717, 1.165) is 5.56 Å². The zero-order chi connectivity index (χ0) is 19.7. The van der Waals surface area contributed by atoms with Crippen LogP contribution in [0, 0.1) is 5.92 Å². The summed E-state index contributed by atoms with van der Waals surface area (Å²) in [5, 5.41) is 11.4. The molecule has 1 atom stereocenters. The molecular weight excluding hydrogens is 360 g/mol. The van der Waals surface area contributed by atoms with E-state index in [2.05, 4.69) is 15.6 Å². The monoisotopic (exact) mass is 380 g/mol. The van der Waals surface area contributed by atoms with Crippen molar-refractivity contribution in [2.24, 2.45) is 5.92 Å². The number of rotatable bonds is 5. The van der Waals surface area contributed by atoms with Crippen LogP contribution in [0.25, 0.3) is 10.9 Å². The normalized spacial score (nSPS) is 13.7. The van der Waals surface area contributed by atoms with Gasteiger partial charge in [-0.3, -0.25) is 9.59 Å². The standard InChI is InChI=1S/C20H20N4O4/c1-12(2)18(24-20(26)14-5-3-4-6-15(14)22-23-24)19(25)21-10-13-7-8-16-17(9-13)28-11-27-16/h3-9,12,18H,10-11H2,1-2H3,(H,21,25)/t18-/m1/s1. The molecule has 0 saturated carbocycles. The third kappa shape index (κ3) is 3.28. The first-order chi connectivity index (χ1) is 13.5. The molecule has 144 valence electrons. The Labute approximate surface area is 161 Å². The smallest absolute Gasteiger partial charge is 0.278 e. The second-order valence-corrected chi connectivity index (χ2v) is 6.95. The Bertz CT molecular complexity index is 1090. The zero-order valence-electron chi connectivity index (χ0n) is 15.6. The summed E-state index contributed by atoms with van der Waals surface area (Å²) in [6, 6.07) is 11.7. The third-order valence-electron chi connectivity index (χ3n) is 4.66. The minimum absolute atomic E-state index is 0.148. The van der Waals surface area contributed by atoms with E-state index >= 15 is 0 Å². The number of amides is 1. The summed E-state index contributed by atoms with van der Waals surface area (Å²) < 4.78 is 11.8. The molecule has 1 aromatic heterocycles. The van der Waals surface area contributed by atoms with Crippen molar-refractivity contribution < 1.29 is 14.3 Å². The molecular formula is C20H20N4O4. The molecule has 8 heteroatoms. The molecule has 1 N–H and O–H groups in total. The van der Waals surface area contributed by atoms with Crippen molar-refractivity contribution in [3.8, 4) is 11.5 Å². The summed E-state index contributed by atoms with van der Waals surface area (Å²) in [6.45, 7) is 4.24. The van der Waals surface area contributed by atoms with Crippen LogP contribution in [-0.4, -0.2) is 27.7 Å². The molecule has 0 spiro atoms. The maximum atomic E-state index is 12.9. The first kappa shape index (κ1) is 18.0. The number of carbonyl (C=O) groups excluding carboxylic acids is 1. The quantitative estimate of drug-likeness (QED) is 0.728. The van der Waals surface area contributed by atoms with Gasteiger partial charge in [0.05, 0.1) is 5.39 Å². The Morgan fingerprint density at radius 3 is 2.79 bits per heavy atom. The van der Waals surface area contributed by atoms with E-state index in [1.165, 1.54) is 4.68 Å². The third-order valence-corrected chi connectivity index (χ3v) is 4.66. The Kier molecular flexibility index (Phi) is 4.68. The molecule has 1 aliphatic heterocycles. The lowest BCUT2D eigenvalue weighted by Crippen LogP contribution is -2.41. The number of hydrogen-bond donors (Lipinski definition) is 1. The van der Waals surface area contributed by atoms with E-state index in [9.17, 15) is 9.59 Å². The molecule has 28 heavy (non-hydrogen) atoms. The summed E-state index contributed by atoms with van der Waals surface area (Å²) in [5.41, 5.74) is 1.05. The second kappa shape index (κ2) is 7.30. The number of ether oxygens (including phenoxy) is 2. The van der Waals surface area contributed by atoms with Crippen LogP contribution < -0.4 is 20.3 Å². The van der Waals surface area contributed by atoms with Crippen LogP contribution in [0.1, 0.15) is 25.5 Å². The highest BCUT2D eigenvalue weighted by molar-refractivity contribution is 5.81. The van der Waals surface area contributed by atoms with E-state index in [4.69, 9.17) is 9.47 Å². The Balaban J connectivity index is 1.57. The number of hydrogen-bond acceptors (Lipinski definition) is 6. The number of nitrogens with zero attached hydrogens (tertiary/aromatic N) is 3. The van der Waals surface area contributed by atoms with Crippen LogP contribution in [0.4, 0.5) is 0 Å². The first-order valence-corrected chi connectivity index (χ1v) is 9.05. The van der Waals surface area contributed by atoms with Gasteiger partial charge in [0.25, 0.3) is 5.56 Å². The lowest BCUT2D eigenvalue weighted by Gasteiger charge is -2.21. The van der Waals surface area contributed by atoms with Gasteiger partial charge < -0.3 is 14.8 Å². The van der Waals surface area contributed by atoms with E-state index in [-0.39, 0.29) is 24.2 Å². The van der Waals surface area contributed by atoms with E-state index in [0.29, 0.717) is 28.9 Å². The Hall–Kier alpha value is -3.42. The van der Waals surface area contributed by atoms with Gasteiger partial charge in [-0.1, -0.05) is 37.3 Å². The van der Waals surface area contributed by atoms with Crippen molar-refractivity contribution in [3.63, 3.8) is 0 Å². The fraction of sp³-hybridized carbons (Fsp3) is 0.300. The summed E-state index contributed by atoms with van der Waals surface area (Å²) in [7, 11) is 0. The molecule has 1 amide bonds. The molecule has 3 aromatic rings. The van der Waals surface area contributed by atoms with Gasteiger partial charge in [-0.2, -0.15) is 4.68 Å². The van der Waals surface area contributed by atoms with Gasteiger partial charge in [0, 0.05) is 6.54 Å². The molecule has 0 radical (unpaired) electrons. The molecule has 0 saturated heterocycles. The average Bonchev–Trinajstić information content (AvgIpc) is 3.16. The minimum Gasteiger partial charge on any atom is -0.454 e. The van der Waals surface area contributed by atoms with E-state index in [1.54, 1.807) is 24.3 Å². The molecule has 8 nitrogen and oxygen atoms in total. The average molecular weight is 380 g/mol. The number of aromatic nitrogens is 3. The highest BCUT2D eigenvalue weighted by atomic mass is 16.7. The highest BCUT2D eigenvalue weighted by Crippen LogP contribution is 2.32. The van der Waals surface area contributed by atoms with Crippen LogP contribution in [0.2, 0.25) is 0 Å². The summed E-state index contributed by atoms with van der Waals surface area (Å²) in [5.74, 6) is 0.904. The predicted octanol–water partition coefficient (Wildman–Crippen LogP) is 2.03. The maximum absolute atomic E-state index is 12.9. The molecule has 0 fully saturated rings. The number of benzene rings is 2. The van der Waals surface area contributed by atoms with Crippen molar-refractivity contribution in [2.75, 3.05) is 6.79 Å². The van der Waals surface area contributed by atoms with Crippen molar-refractivity contribution in [2.45, 2.75) is 26.4 Å².